The lowest BCUT2D eigenvalue weighted by Gasteiger charge is -2.15. The first kappa shape index (κ1) is 31.9. The summed E-state index contributed by atoms with van der Waals surface area (Å²) >= 11 is 0. The Morgan fingerprint density at radius 3 is 0.714 bits per heavy atom. The molecular weight excluding hydrogens is 420 g/mol. The fraction of sp³-hybridized carbons (Fsp3) is 0.314. The summed E-state index contributed by atoms with van der Waals surface area (Å²) in [6.07, 6.45) is 0. The first-order valence-electron chi connectivity index (χ1n) is 13.5. The average molecular weight is 469 g/mol. The van der Waals surface area contributed by atoms with E-state index < -0.39 is 0 Å². The normalized spacial score (nSPS) is 9.00. The van der Waals surface area contributed by atoms with Gasteiger partial charge in [-0.1, -0.05) is 128 Å². The van der Waals surface area contributed by atoms with Crippen LogP contribution >= 0.6 is 0 Å². The minimum absolute atomic E-state index is 1.27. The predicted molar refractivity (Wildman–Crippen MR) is 162 cm³/mol. The van der Waals surface area contributed by atoms with Gasteiger partial charge in [0.2, 0.25) is 0 Å². The molecule has 0 spiro atoms. The van der Waals surface area contributed by atoms with E-state index in [-0.39, 0.29) is 0 Å². The Labute approximate surface area is 217 Å². The van der Waals surface area contributed by atoms with E-state index in [1.54, 1.807) is 0 Å². The highest BCUT2D eigenvalue weighted by Crippen LogP contribution is 2.35. The maximum absolute atomic E-state index is 2.33. The molecule has 0 nitrogen and oxygen atoms in total. The lowest BCUT2D eigenvalue weighted by molar-refractivity contribution is 1.42. The standard InChI is InChI=1S/C27H24.4C2H6/c1-19-10-4-7-13-25(19)22-16-23(26-14-8-5-11-20(26)2)18-24(17-22)27-15-9-6-12-21(27)3;4*1-2/h4-18H,1-3H3;4*1-2H3. The number of hydrogen-bond acceptors (Lipinski definition) is 0. The van der Waals surface area contributed by atoms with Crippen LogP contribution in [0.25, 0.3) is 33.4 Å². The molecule has 0 aliphatic heterocycles. The second-order valence-electron chi connectivity index (χ2n) is 7.24. The Hall–Kier alpha value is -3.12. The van der Waals surface area contributed by atoms with Crippen LogP contribution in [0.5, 0.6) is 0 Å². The van der Waals surface area contributed by atoms with Crippen molar-refractivity contribution in [2.24, 2.45) is 0 Å². The molecule has 0 amide bonds. The zero-order valence-electron chi connectivity index (χ0n) is 24.2. The third-order valence-electron chi connectivity index (χ3n) is 5.30. The molecule has 0 atom stereocenters. The molecule has 0 saturated carbocycles. The quantitative estimate of drug-likeness (QED) is 0.280. The van der Waals surface area contributed by atoms with Gasteiger partial charge >= 0.3 is 0 Å². The third-order valence-corrected chi connectivity index (χ3v) is 5.30. The molecule has 0 aromatic heterocycles. The molecule has 0 radical (unpaired) electrons. The lowest BCUT2D eigenvalue weighted by Crippen LogP contribution is -1.90. The number of rotatable bonds is 3. The van der Waals surface area contributed by atoms with E-state index in [1.165, 1.54) is 50.1 Å². The van der Waals surface area contributed by atoms with Gasteiger partial charge in [-0.25, -0.2) is 0 Å². The third kappa shape index (κ3) is 8.87. The zero-order valence-corrected chi connectivity index (χ0v) is 24.2. The first-order chi connectivity index (χ1) is 17.1. The molecule has 0 aliphatic rings. The van der Waals surface area contributed by atoms with E-state index in [4.69, 9.17) is 0 Å². The Balaban J connectivity index is 0.00000132. The molecule has 0 aliphatic carbocycles. The molecule has 0 heteroatoms. The summed E-state index contributed by atoms with van der Waals surface area (Å²) in [6.45, 7) is 22.6. The van der Waals surface area contributed by atoms with Crippen molar-refractivity contribution in [2.45, 2.75) is 76.2 Å². The molecule has 4 aromatic carbocycles. The van der Waals surface area contributed by atoms with Crippen molar-refractivity contribution in [1.29, 1.82) is 0 Å². The van der Waals surface area contributed by atoms with E-state index in [0.717, 1.165) is 0 Å². The Bertz CT molecular complexity index is 948. The molecule has 0 saturated heterocycles. The van der Waals surface area contributed by atoms with Crippen LogP contribution < -0.4 is 0 Å². The molecule has 4 rings (SSSR count). The monoisotopic (exact) mass is 468 g/mol. The SMILES string of the molecule is CC.CC.CC.CC.Cc1ccccc1-c1cc(-c2ccccc2C)cc(-c2ccccc2C)c1. The summed E-state index contributed by atoms with van der Waals surface area (Å²) in [7, 11) is 0. The summed E-state index contributed by atoms with van der Waals surface area (Å²) in [5.74, 6) is 0. The van der Waals surface area contributed by atoms with Gasteiger partial charge in [-0.3, -0.25) is 0 Å². The molecule has 188 valence electrons. The van der Waals surface area contributed by atoms with Gasteiger partial charge in [-0.2, -0.15) is 0 Å². The van der Waals surface area contributed by atoms with Crippen molar-refractivity contribution in [2.75, 3.05) is 0 Å². The smallest absolute Gasteiger partial charge is 0.0154 e. The molecule has 0 N–H and O–H groups in total. The van der Waals surface area contributed by atoms with E-state index >= 15 is 0 Å². The molecule has 0 heterocycles. The fourth-order valence-electron chi connectivity index (χ4n) is 3.78. The summed E-state index contributed by atoms with van der Waals surface area (Å²) in [5, 5.41) is 0. The highest BCUT2D eigenvalue weighted by atomic mass is 14.1. The van der Waals surface area contributed by atoms with Crippen LogP contribution in [-0.2, 0) is 0 Å². The van der Waals surface area contributed by atoms with E-state index in [0.29, 0.717) is 0 Å². The second kappa shape index (κ2) is 18.2. The van der Waals surface area contributed by atoms with Gasteiger partial charge in [0.1, 0.15) is 0 Å². The molecule has 0 fully saturated rings. The van der Waals surface area contributed by atoms with Crippen LogP contribution in [0.15, 0.2) is 91.0 Å². The van der Waals surface area contributed by atoms with Gasteiger partial charge in [-0.05, 0) is 89.0 Å². The van der Waals surface area contributed by atoms with Gasteiger partial charge < -0.3 is 0 Å². The van der Waals surface area contributed by atoms with Crippen molar-refractivity contribution >= 4 is 0 Å². The maximum atomic E-state index is 2.33. The minimum Gasteiger partial charge on any atom is -0.0683 e. The highest BCUT2D eigenvalue weighted by Gasteiger charge is 2.11. The number of aryl methyl sites for hydroxylation is 3. The molecule has 35 heavy (non-hydrogen) atoms. The Kier molecular flexibility index (Phi) is 16.6. The number of benzene rings is 4. The topological polar surface area (TPSA) is 0 Å². The van der Waals surface area contributed by atoms with Crippen LogP contribution in [0, 0.1) is 20.8 Å². The van der Waals surface area contributed by atoms with Crippen molar-refractivity contribution in [3.8, 4) is 33.4 Å². The summed E-state index contributed by atoms with van der Waals surface area (Å²) in [5.41, 5.74) is 11.6. The predicted octanol–water partition coefficient (Wildman–Crippen LogP) is 11.7. The van der Waals surface area contributed by atoms with Crippen molar-refractivity contribution in [3.05, 3.63) is 108 Å². The fourth-order valence-corrected chi connectivity index (χ4v) is 3.78. The Morgan fingerprint density at radius 2 is 0.514 bits per heavy atom. The summed E-state index contributed by atoms with van der Waals surface area (Å²) in [6, 6.07) is 32.9. The van der Waals surface area contributed by atoms with E-state index in [1.807, 2.05) is 55.4 Å². The van der Waals surface area contributed by atoms with Crippen molar-refractivity contribution < 1.29 is 0 Å². The van der Waals surface area contributed by atoms with Gasteiger partial charge in [0.15, 0.2) is 0 Å². The van der Waals surface area contributed by atoms with Crippen LogP contribution in [0.2, 0.25) is 0 Å². The summed E-state index contributed by atoms with van der Waals surface area (Å²) < 4.78 is 0. The van der Waals surface area contributed by atoms with Gasteiger partial charge in [0, 0.05) is 0 Å². The van der Waals surface area contributed by atoms with Gasteiger partial charge in [0.25, 0.3) is 0 Å². The molecule has 0 bridgehead atoms. The second-order valence-corrected chi connectivity index (χ2v) is 7.24. The van der Waals surface area contributed by atoms with Crippen LogP contribution in [0.3, 0.4) is 0 Å². The highest BCUT2D eigenvalue weighted by molar-refractivity contribution is 5.83. The van der Waals surface area contributed by atoms with Crippen molar-refractivity contribution in [3.63, 3.8) is 0 Å². The van der Waals surface area contributed by atoms with Crippen LogP contribution in [0.1, 0.15) is 72.1 Å². The zero-order chi connectivity index (χ0) is 26.8. The van der Waals surface area contributed by atoms with Crippen LogP contribution in [-0.4, -0.2) is 0 Å². The van der Waals surface area contributed by atoms with Gasteiger partial charge in [-0.15, -0.1) is 0 Å². The molecule has 0 unspecified atom stereocenters. The van der Waals surface area contributed by atoms with Crippen molar-refractivity contribution in [1.82, 2.24) is 0 Å². The average Bonchev–Trinajstić information content (AvgIpc) is 2.94. The van der Waals surface area contributed by atoms with E-state index in [9.17, 15) is 0 Å². The molecule has 4 aromatic rings. The summed E-state index contributed by atoms with van der Waals surface area (Å²) in [4.78, 5) is 0. The minimum atomic E-state index is 1.27. The van der Waals surface area contributed by atoms with Gasteiger partial charge in [0.05, 0.1) is 0 Å². The largest absolute Gasteiger partial charge is 0.0683 e. The lowest BCUT2D eigenvalue weighted by atomic mass is 9.89. The van der Waals surface area contributed by atoms with E-state index in [2.05, 4.69) is 112 Å². The Morgan fingerprint density at radius 1 is 0.314 bits per heavy atom. The maximum Gasteiger partial charge on any atom is -0.0154 e. The number of hydrogen-bond donors (Lipinski definition) is 0. The first-order valence-corrected chi connectivity index (χ1v) is 13.5. The van der Waals surface area contributed by atoms with Crippen LogP contribution in [0.4, 0.5) is 0 Å². The molecular formula is C35H48.